The third-order valence-corrected chi connectivity index (χ3v) is 1.67. The first-order valence-electron chi connectivity index (χ1n) is 3.94. The largest absolute Gasteiger partial charge is 0.489 e. The summed E-state index contributed by atoms with van der Waals surface area (Å²) >= 11 is 0. The number of ether oxygens (including phenoxy) is 1. The van der Waals surface area contributed by atoms with Crippen LogP contribution in [0.2, 0.25) is 0 Å². The molecular weight excluding hydrogens is 152 g/mol. The molecule has 0 saturated carbocycles. The zero-order valence-corrected chi connectivity index (χ0v) is 6.83. The Morgan fingerprint density at radius 1 is 1.42 bits per heavy atom. The second-order valence-corrected chi connectivity index (χ2v) is 2.46. The van der Waals surface area contributed by atoms with Gasteiger partial charge in [0.15, 0.2) is 5.75 Å². The van der Waals surface area contributed by atoms with Gasteiger partial charge in [-0.25, -0.2) is 0 Å². The minimum atomic E-state index is 0.639. The lowest BCUT2D eigenvalue weighted by molar-refractivity contribution is 0.337. The van der Waals surface area contributed by atoms with Crippen LogP contribution in [0.25, 0.3) is 11.0 Å². The summed E-state index contributed by atoms with van der Waals surface area (Å²) in [7, 11) is 0. The van der Waals surface area contributed by atoms with E-state index in [0.29, 0.717) is 12.4 Å². The zero-order valence-electron chi connectivity index (χ0n) is 6.83. The second-order valence-electron chi connectivity index (χ2n) is 2.46. The Kier molecular flexibility index (Phi) is 1.74. The van der Waals surface area contributed by atoms with Crippen LogP contribution < -0.4 is 4.74 Å². The molecule has 2 heteroatoms. The molecule has 2 aromatic rings. The topological polar surface area (TPSA) is 22.4 Å². The molecule has 0 aliphatic carbocycles. The van der Waals surface area contributed by atoms with Crippen LogP contribution in [0.4, 0.5) is 0 Å². The van der Waals surface area contributed by atoms with E-state index in [-0.39, 0.29) is 0 Å². The van der Waals surface area contributed by atoms with E-state index in [2.05, 4.69) is 6.26 Å². The molecule has 0 saturated heterocycles. The maximum atomic E-state index is 5.31. The van der Waals surface area contributed by atoms with Crippen molar-refractivity contribution in [1.29, 1.82) is 0 Å². The van der Waals surface area contributed by atoms with E-state index in [0.717, 1.165) is 11.0 Å². The third kappa shape index (κ3) is 1.05. The molecule has 0 aliphatic heterocycles. The maximum Gasteiger partial charge on any atom is 0.216 e. The van der Waals surface area contributed by atoms with Gasteiger partial charge in [-0.3, -0.25) is 0 Å². The molecule has 1 heterocycles. The first-order chi connectivity index (χ1) is 5.92. The monoisotopic (exact) mass is 161 g/mol. The van der Waals surface area contributed by atoms with E-state index in [9.17, 15) is 0 Å². The van der Waals surface area contributed by atoms with Gasteiger partial charge in [-0.1, -0.05) is 12.1 Å². The summed E-state index contributed by atoms with van der Waals surface area (Å²) in [6, 6.07) is 7.73. The van der Waals surface area contributed by atoms with Gasteiger partial charge in [0.05, 0.1) is 12.0 Å². The number of hydrogen-bond acceptors (Lipinski definition) is 2. The van der Waals surface area contributed by atoms with Gasteiger partial charge in [-0.2, -0.15) is 0 Å². The first kappa shape index (κ1) is 7.22. The number of furan rings is 1. The highest BCUT2D eigenvalue weighted by Gasteiger charge is 2.04. The Morgan fingerprint density at radius 2 is 2.25 bits per heavy atom. The Labute approximate surface area is 70.8 Å². The van der Waals surface area contributed by atoms with Crippen LogP contribution in [0.3, 0.4) is 0 Å². The van der Waals surface area contributed by atoms with Crippen LogP contribution in [-0.2, 0) is 0 Å². The average molecular weight is 161 g/mol. The summed E-state index contributed by atoms with van der Waals surface area (Å²) in [5.74, 6) is 0.702. The molecule has 1 aromatic carbocycles. The molecule has 0 atom stereocenters. The van der Waals surface area contributed by atoms with E-state index in [4.69, 9.17) is 9.15 Å². The summed E-state index contributed by atoms with van der Waals surface area (Å²) in [6.45, 7) is 2.58. The molecular formula is C10H9O2. The number of benzene rings is 1. The fraction of sp³-hybridized carbons (Fsp3) is 0.200. The number of fused-ring (bicyclic) bond motifs is 1. The van der Waals surface area contributed by atoms with Crippen molar-refractivity contribution in [2.75, 3.05) is 6.61 Å². The molecule has 0 bridgehead atoms. The molecule has 0 fully saturated rings. The van der Waals surface area contributed by atoms with Crippen molar-refractivity contribution in [3.05, 3.63) is 30.5 Å². The highest BCUT2D eigenvalue weighted by atomic mass is 16.5. The van der Waals surface area contributed by atoms with Crippen molar-refractivity contribution in [2.24, 2.45) is 0 Å². The summed E-state index contributed by atoms with van der Waals surface area (Å²) in [5, 5.41) is 0.986. The van der Waals surface area contributed by atoms with Gasteiger partial charge in [0.1, 0.15) is 5.58 Å². The fourth-order valence-electron chi connectivity index (χ4n) is 1.15. The molecule has 2 nitrogen and oxygen atoms in total. The molecule has 61 valence electrons. The molecule has 0 aliphatic rings. The van der Waals surface area contributed by atoms with Crippen LogP contribution in [0.15, 0.2) is 28.7 Å². The van der Waals surface area contributed by atoms with E-state index >= 15 is 0 Å². The van der Waals surface area contributed by atoms with Crippen LogP contribution in [-0.4, -0.2) is 6.61 Å². The van der Waals surface area contributed by atoms with Gasteiger partial charge in [-0.15, -0.1) is 0 Å². The smallest absolute Gasteiger partial charge is 0.216 e. The molecule has 1 aromatic heterocycles. The Hall–Kier alpha value is -1.44. The lowest BCUT2D eigenvalue weighted by Crippen LogP contribution is -1.89. The van der Waals surface area contributed by atoms with Crippen molar-refractivity contribution < 1.29 is 9.15 Å². The Bertz CT molecular complexity index is 376. The van der Waals surface area contributed by atoms with Crippen molar-refractivity contribution in [3.8, 4) is 5.75 Å². The fourth-order valence-corrected chi connectivity index (χ4v) is 1.15. The number of para-hydroxylation sites is 1. The Balaban J connectivity index is 2.55. The SMILES string of the molecule is CCOc1[c]oc2ccccc12. The highest BCUT2D eigenvalue weighted by molar-refractivity contribution is 5.83. The predicted octanol–water partition coefficient (Wildman–Crippen LogP) is 2.63. The van der Waals surface area contributed by atoms with Gasteiger partial charge in [0.25, 0.3) is 0 Å². The molecule has 0 N–H and O–H groups in total. The zero-order chi connectivity index (χ0) is 8.39. The molecule has 0 spiro atoms. The lowest BCUT2D eigenvalue weighted by Gasteiger charge is -1.96. The van der Waals surface area contributed by atoms with Crippen molar-refractivity contribution in [2.45, 2.75) is 6.92 Å². The summed E-state index contributed by atoms with van der Waals surface area (Å²) in [6.07, 6.45) is 2.72. The molecule has 0 unspecified atom stereocenters. The quantitative estimate of drug-likeness (QED) is 0.675. The van der Waals surface area contributed by atoms with Crippen LogP contribution in [0, 0.1) is 6.26 Å². The third-order valence-electron chi connectivity index (χ3n) is 1.67. The van der Waals surface area contributed by atoms with Gasteiger partial charge < -0.3 is 9.15 Å². The van der Waals surface area contributed by atoms with Crippen molar-refractivity contribution >= 4 is 11.0 Å². The number of hydrogen-bond donors (Lipinski definition) is 0. The molecule has 1 radical (unpaired) electrons. The van der Waals surface area contributed by atoms with Crippen molar-refractivity contribution in [3.63, 3.8) is 0 Å². The normalized spacial score (nSPS) is 10.4. The first-order valence-corrected chi connectivity index (χ1v) is 3.94. The lowest BCUT2D eigenvalue weighted by atomic mass is 10.2. The average Bonchev–Trinajstić information content (AvgIpc) is 2.50. The maximum absolute atomic E-state index is 5.31. The van der Waals surface area contributed by atoms with E-state index in [1.807, 2.05) is 31.2 Å². The summed E-state index contributed by atoms with van der Waals surface area (Å²) in [5.41, 5.74) is 0.820. The summed E-state index contributed by atoms with van der Waals surface area (Å²) < 4.78 is 10.5. The van der Waals surface area contributed by atoms with Gasteiger partial charge in [-0.05, 0) is 19.1 Å². The van der Waals surface area contributed by atoms with E-state index in [1.165, 1.54) is 0 Å². The number of rotatable bonds is 2. The molecule has 0 amide bonds. The van der Waals surface area contributed by atoms with Gasteiger partial charge in [0.2, 0.25) is 6.26 Å². The standard InChI is InChI=1S/C10H9O2/c1-2-11-10-7-12-9-6-4-3-5-8(9)10/h3-6H,2H2,1H3. The van der Waals surface area contributed by atoms with Gasteiger partial charge >= 0.3 is 0 Å². The van der Waals surface area contributed by atoms with Crippen LogP contribution in [0.1, 0.15) is 6.92 Å². The minimum Gasteiger partial charge on any atom is -0.489 e. The van der Waals surface area contributed by atoms with Crippen LogP contribution in [0.5, 0.6) is 5.75 Å². The predicted molar refractivity (Wildman–Crippen MR) is 46.2 cm³/mol. The molecule has 12 heavy (non-hydrogen) atoms. The highest BCUT2D eigenvalue weighted by Crippen LogP contribution is 2.26. The van der Waals surface area contributed by atoms with Crippen molar-refractivity contribution in [1.82, 2.24) is 0 Å². The van der Waals surface area contributed by atoms with E-state index in [1.54, 1.807) is 0 Å². The van der Waals surface area contributed by atoms with E-state index < -0.39 is 0 Å². The Morgan fingerprint density at radius 3 is 3.08 bits per heavy atom. The second kappa shape index (κ2) is 2.89. The van der Waals surface area contributed by atoms with Crippen LogP contribution >= 0.6 is 0 Å². The summed E-state index contributed by atoms with van der Waals surface area (Å²) in [4.78, 5) is 0. The minimum absolute atomic E-state index is 0.639. The molecule has 2 rings (SSSR count). The van der Waals surface area contributed by atoms with Gasteiger partial charge in [0, 0.05) is 0 Å².